The minimum atomic E-state index is -0.0266. The van der Waals surface area contributed by atoms with Gasteiger partial charge < -0.3 is 9.42 Å². The van der Waals surface area contributed by atoms with E-state index in [4.69, 9.17) is 4.52 Å². The van der Waals surface area contributed by atoms with Crippen LogP contribution in [0.15, 0.2) is 27.5 Å². The molecule has 1 amide bonds. The van der Waals surface area contributed by atoms with E-state index < -0.39 is 0 Å². The second kappa shape index (κ2) is 4.73. The highest BCUT2D eigenvalue weighted by Gasteiger charge is 2.35. The first-order valence-electron chi connectivity index (χ1n) is 5.83. The summed E-state index contributed by atoms with van der Waals surface area (Å²) in [6.45, 7) is 2.99. The first-order chi connectivity index (χ1) is 9.13. The van der Waals surface area contributed by atoms with E-state index in [1.165, 1.54) is 0 Å². The predicted octanol–water partition coefficient (Wildman–Crippen LogP) is 1.78. The van der Waals surface area contributed by atoms with E-state index in [0.29, 0.717) is 30.4 Å². The molecule has 2 aromatic heterocycles. The van der Waals surface area contributed by atoms with E-state index >= 15 is 0 Å². The summed E-state index contributed by atoms with van der Waals surface area (Å²) in [6, 6.07) is 1.76. The third kappa shape index (κ3) is 2.37. The van der Waals surface area contributed by atoms with E-state index in [0.717, 1.165) is 4.47 Å². The van der Waals surface area contributed by atoms with Gasteiger partial charge in [0.15, 0.2) is 5.82 Å². The number of halogens is 1. The molecule has 0 aromatic carbocycles. The first-order valence-corrected chi connectivity index (χ1v) is 6.63. The Bertz CT molecular complexity index is 622. The van der Waals surface area contributed by atoms with Crippen molar-refractivity contribution in [1.82, 2.24) is 20.0 Å². The van der Waals surface area contributed by atoms with Crippen LogP contribution in [-0.2, 0) is 0 Å². The fourth-order valence-corrected chi connectivity index (χ4v) is 2.36. The summed E-state index contributed by atoms with van der Waals surface area (Å²) in [7, 11) is 0. The molecule has 1 aliphatic rings. The van der Waals surface area contributed by atoms with Crippen LogP contribution in [0.2, 0.25) is 0 Å². The van der Waals surface area contributed by atoms with Crippen molar-refractivity contribution in [3.63, 3.8) is 0 Å². The van der Waals surface area contributed by atoms with Gasteiger partial charge in [0.1, 0.15) is 0 Å². The van der Waals surface area contributed by atoms with E-state index in [1.54, 1.807) is 30.3 Å². The largest absolute Gasteiger partial charge is 0.339 e. The van der Waals surface area contributed by atoms with Crippen molar-refractivity contribution >= 4 is 21.8 Å². The summed E-state index contributed by atoms with van der Waals surface area (Å²) in [5.74, 6) is 1.34. The Morgan fingerprint density at radius 1 is 1.47 bits per heavy atom. The Hall–Kier alpha value is -1.76. The van der Waals surface area contributed by atoms with Crippen LogP contribution in [0.5, 0.6) is 0 Å². The quantitative estimate of drug-likeness (QED) is 0.842. The van der Waals surface area contributed by atoms with Crippen LogP contribution in [0.4, 0.5) is 0 Å². The second-order valence-corrected chi connectivity index (χ2v) is 5.39. The minimum absolute atomic E-state index is 0.0266. The molecule has 6 nitrogen and oxygen atoms in total. The molecule has 1 aliphatic heterocycles. The molecular weight excluding hydrogens is 312 g/mol. The molecule has 98 valence electrons. The Labute approximate surface area is 118 Å². The maximum absolute atomic E-state index is 12.2. The van der Waals surface area contributed by atoms with Crippen LogP contribution in [0.1, 0.15) is 28.0 Å². The molecule has 0 spiro atoms. The van der Waals surface area contributed by atoms with Crippen molar-refractivity contribution in [1.29, 1.82) is 0 Å². The number of likely N-dealkylation sites (tertiary alicyclic amines) is 1. The predicted molar refractivity (Wildman–Crippen MR) is 69.6 cm³/mol. The summed E-state index contributed by atoms with van der Waals surface area (Å²) in [5, 5.41) is 3.75. The normalized spacial score (nSPS) is 15.4. The first kappa shape index (κ1) is 12.3. The number of hydrogen-bond acceptors (Lipinski definition) is 5. The van der Waals surface area contributed by atoms with Gasteiger partial charge in [-0.2, -0.15) is 4.98 Å². The zero-order valence-electron chi connectivity index (χ0n) is 10.2. The molecule has 0 atom stereocenters. The third-order valence-electron chi connectivity index (χ3n) is 3.01. The Balaban J connectivity index is 1.66. The van der Waals surface area contributed by atoms with Crippen LogP contribution < -0.4 is 0 Å². The number of pyridine rings is 1. The molecule has 0 aliphatic carbocycles. The molecule has 0 radical (unpaired) electrons. The second-order valence-electron chi connectivity index (χ2n) is 4.48. The minimum Gasteiger partial charge on any atom is -0.339 e. The van der Waals surface area contributed by atoms with E-state index in [-0.39, 0.29) is 11.8 Å². The number of carbonyl (C=O) groups excluding carboxylic acids is 1. The summed E-state index contributed by atoms with van der Waals surface area (Å²) in [5.41, 5.74) is 0.578. The lowest BCUT2D eigenvalue weighted by atomic mass is 9.99. The van der Waals surface area contributed by atoms with Gasteiger partial charge >= 0.3 is 0 Å². The van der Waals surface area contributed by atoms with Gasteiger partial charge in [-0.3, -0.25) is 9.78 Å². The van der Waals surface area contributed by atoms with Crippen molar-refractivity contribution in [2.24, 2.45) is 0 Å². The van der Waals surface area contributed by atoms with Gasteiger partial charge in [-0.15, -0.1) is 0 Å². The summed E-state index contributed by atoms with van der Waals surface area (Å²) in [4.78, 5) is 22.1. The van der Waals surface area contributed by atoms with Crippen molar-refractivity contribution in [3.05, 3.63) is 40.2 Å². The third-order valence-corrected chi connectivity index (χ3v) is 3.45. The van der Waals surface area contributed by atoms with Gasteiger partial charge in [-0.1, -0.05) is 5.16 Å². The maximum atomic E-state index is 12.2. The average molecular weight is 323 g/mol. The summed E-state index contributed by atoms with van der Waals surface area (Å²) < 4.78 is 5.90. The van der Waals surface area contributed by atoms with E-state index in [1.807, 2.05) is 0 Å². The molecule has 19 heavy (non-hydrogen) atoms. The number of amides is 1. The van der Waals surface area contributed by atoms with E-state index in [2.05, 4.69) is 31.1 Å². The SMILES string of the molecule is Cc1noc(C2CN(C(=O)c3cncc(Br)c3)C2)n1. The van der Waals surface area contributed by atoms with E-state index in [9.17, 15) is 4.79 Å². The standard InChI is InChI=1S/C12H11BrN4O2/c1-7-15-11(19-16-7)9-5-17(6-9)12(18)8-2-10(13)4-14-3-8/h2-4,9H,5-6H2,1H3. The molecule has 1 fully saturated rings. The summed E-state index contributed by atoms with van der Waals surface area (Å²) >= 11 is 3.30. The number of aryl methyl sites for hydroxylation is 1. The Morgan fingerprint density at radius 3 is 2.89 bits per heavy atom. The molecule has 0 unspecified atom stereocenters. The van der Waals surface area contributed by atoms with Crippen LogP contribution in [0, 0.1) is 6.92 Å². The smallest absolute Gasteiger partial charge is 0.255 e. The van der Waals surface area contributed by atoms with Gasteiger partial charge in [-0.05, 0) is 28.9 Å². The van der Waals surface area contributed by atoms with Gasteiger partial charge in [0.25, 0.3) is 5.91 Å². The van der Waals surface area contributed by atoms with Crippen molar-refractivity contribution in [3.8, 4) is 0 Å². The molecule has 3 heterocycles. The fraction of sp³-hybridized carbons (Fsp3) is 0.333. The molecule has 0 N–H and O–H groups in total. The highest BCUT2D eigenvalue weighted by Crippen LogP contribution is 2.27. The van der Waals surface area contributed by atoms with Crippen LogP contribution in [-0.4, -0.2) is 39.0 Å². The molecular formula is C12H11BrN4O2. The highest BCUT2D eigenvalue weighted by atomic mass is 79.9. The zero-order chi connectivity index (χ0) is 13.4. The van der Waals surface area contributed by atoms with Crippen molar-refractivity contribution in [2.45, 2.75) is 12.8 Å². The molecule has 1 saturated heterocycles. The molecule has 7 heteroatoms. The van der Waals surface area contributed by atoms with Gasteiger partial charge in [-0.25, -0.2) is 0 Å². The van der Waals surface area contributed by atoms with Gasteiger partial charge in [0.2, 0.25) is 5.89 Å². The molecule has 2 aromatic rings. The van der Waals surface area contributed by atoms with Crippen LogP contribution in [0.25, 0.3) is 0 Å². The fourth-order valence-electron chi connectivity index (χ4n) is 1.99. The lowest BCUT2D eigenvalue weighted by Gasteiger charge is -2.37. The van der Waals surface area contributed by atoms with Crippen molar-refractivity contribution < 1.29 is 9.32 Å². The highest BCUT2D eigenvalue weighted by molar-refractivity contribution is 9.10. The number of nitrogens with zero attached hydrogens (tertiary/aromatic N) is 4. The van der Waals surface area contributed by atoms with Crippen LogP contribution in [0.3, 0.4) is 0 Å². The average Bonchev–Trinajstić information content (AvgIpc) is 2.73. The number of aromatic nitrogens is 3. The topological polar surface area (TPSA) is 72.1 Å². The lowest BCUT2D eigenvalue weighted by molar-refractivity contribution is 0.0568. The monoisotopic (exact) mass is 322 g/mol. The Morgan fingerprint density at radius 2 is 2.26 bits per heavy atom. The maximum Gasteiger partial charge on any atom is 0.255 e. The molecule has 0 saturated carbocycles. The number of carbonyl (C=O) groups is 1. The Kier molecular flexibility index (Phi) is 3.06. The van der Waals surface area contributed by atoms with Crippen molar-refractivity contribution in [2.75, 3.05) is 13.1 Å². The lowest BCUT2D eigenvalue weighted by Crippen LogP contribution is -2.48. The van der Waals surface area contributed by atoms with Gasteiger partial charge in [0.05, 0.1) is 11.5 Å². The zero-order valence-corrected chi connectivity index (χ0v) is 11.8. The molecule has 0 bridgehead atoms. The number of hydrogen-bond donors (Lipinski definition) is 0. The van der Waals surface area contributed by atoms with Gasteiger partial charge in [0, 0.05) is 30.0 Å². The number of rotatable bonds is 2. The van der Waals surface area contributed by atoms with Crippen LogP contribution >= 0.6 is 15.9 Å². The summed E-state index contributed by atoms with van der Waals surface area (Å²) in [6.07, 6.45) is 3.22. The molecule has 3 rings (SSSR count).